The highest BCUT2D eigenvalue weighted by atomic mass is 79.9. The zero-order valence-corrected chi connectivity index (χ0v) is 12.9. The van der Waals surface area contributed by atoms with Gasteiger partial charge in [0, 0.05) is 4.47 Å². The predicted octanol–water partition coefficient (Wildman–Crippen LogP) is 3.15. The van der Waals surface area contributed by atoms with Gasteiger partial charge in [-0.25, -0.2) is 17.6 Å². The highest BCUT2D eigenvalue weighted by molar-refractivity contribution is 9.10. The first kappa shape index (κ1) is 14.9. The average molecular weight is 380 g/mol. The van der Waals surface area contributed by atoms with E-state index in [0.29, 0.717) is 11.3 Å². The first-order chi connectivity index (χ1) is 9.29. The minimum atomic E-state index is -3.91. The standard InChI is InChI=1S/C11H7BrFNO4S2/c12-7-5-6(13)1-2-8(7)14-20(17,18)10-4-3-9(19-10)11(15)16/h1-5,14H,(H,15,16). The largest absolute Gasteiger partial charge is 0.477 e. The van der Waals surface area contributed by atoms with E-state index in [9.17, 15) is 17.6 Å². The van der Waals surface area contributed by atoms with Gasteiger partial charge in [0.25, 0.3) is 10.0 Å². The van der Waals surface area contributed by atoms with E-state index >= 15 is 0 Å². The SMILES string of the molecule is O=C(O)c1ccc(S(=O)(=O)Nc2ccc(F)cc2Br)s1. The molecule has 1 aromatic heterocycles. The monoisotopic (exact) mass is 379 g/mol. The van der Waals surface area contributed by atoms with Gasteiger partial charge in [-0.05, 0) is 46.3 Å². The Morgan fingerprint density at radius 3 is 2.55 bits per heavy atom. The Balaban J connectivity index is 2.33. The zero-order valence-electron chi connectivity index (χ0n) is 9.63. The van der Waals surface area contributed by atoms with Crippen LogP contribution in [0.4, 0.5) is 10.1 Å². The number of hydrogen-bond donors (Lipinski definition) is 2. The highest BCUT2D eigenvalue weighted by Crippen LogP contribution is 2.28. The summed E-state index contributed by atoms with van der Waals surface area (Å²) >= 11 is 3.68. The number of halogens is 2. The van der Waals surface area contributed by atoms with E-state index in [1.165, 1.54) is 18.2 Å². The van der Waals surface area contributed by atoms with E-state index < -0.39 is 21.8 Å². The van der Waals surface area contributed by atoms with Crippen LogP contribution in [0.15, 0.2) is 39.0 Å². The molecule has 2 aromatic rings. The van der Waals surface area contributed by atoms with Crippen LogP contribution in [0.1, 0.15) is 9.67 Å². The number of aromatic carboxylic acids is 1. The van der Waals surface area contributed by atoms with Gasteiger partial charge in [-0.3, -0.25) is 4.72 Å². The van der Waals surface area contributed by atoms with Crippen LogP contribution < -0.4 is 4.72 Å². The van der Waals surface area contributed by atoms with Crippen molar-refractivity contribution < 1.29 is 22.7 Å². The molecule has 0 atom stereocenters. The van der Waals surface area contributed by atoms with Crippen LogP contribution in [0.3, 0.4) is 0 Å². The Morgan fingerprint density at radius 2 is 2.00 bits per heavy atom. The van der Waals surface area contributed by atoms with E-state index in [4.69, 9.17) is 5.11 Å². The Labute approximate surface area is 126 Å². The van der Waals surface area contributed by atoms with Crippen molar-refractivity contribution in [3.8, 4) is 0 Å². The van der Waals surface area contributed by atoms with Gasteiger partial charge in [0.1, 0.15) is 14.9 Å². The first-order valence-electron chi connectivity index (χ1n) is 5.10. The molecule has 0 saturated heterocycles. The van der Waals surface area contributed by atoms with E-state index in [-0.39, 0.29) is 19.2 Å². The summed E-state index contributed by atoms with van der Waals surface area (Å²) < 4.78 is 39.4. The van der Waals surface area contributed by atoms with Gasteiger partial charge in [0.15, 0.2) is 0 Å². The molecular formula is C11H7BrFNO4S2. The minimum absolute atomic E-state index is 0.0800. The summed E-state index contributed by atoms with van der Waals surface area (Å²) in [5.41, 5.74) is 0.164. The van der Waals surface area contributed by atoms with Crippen molar-refractivity contribution in [2.75, 3.05) is 4.72 Å². The maximum absolute atomic E-state index is 12.9. The van der Waals surface area contributed by atoms with Crippen LogP contribution in [0.5, 0.6) is 0 Å². The molecular weight excluding hydrogens is 373 g/mol. The molecule has 0 saturated carbocycles. The van der Waals surface area contributed by atoms with Crippen LogP contribution in [0.25, 0.3) is 0 Å². The molecule has 106 valence electrons. The topological polar surface area (TPSA) is 83.5 Å². The van der Waals surface area contributed by atoms with Gasteiger partial charge in [0.2, 0.25) is 0 Å². The molecule has 0 aliphatic rings. The maximum Gasteiger partial charge on any atom is 0.345 e. The number of carboxylic acids is 1. The molecule has 0 unspecified atom stereocenters. The van der Waals surface area contributed by atoms with E-state index in [0.717, 1.165) is 12.1 Å². The number of rotatable bonds is 4. The fraction of sp³-hybridized carbons (Fsp3) is 0. The normalized spacial score (nSPS) is 11.3. The summed E-state index contributed by atoms with van der Waals surface area (Å²) in [7, 11) is -3.91. The summed E-state index contributed by atoms with van der Waals surface area (Å²) in [5, 5.41) is 8.77. The molecule has 1 aromatic carbocycles. The van der Waals surface area contributed by atoms with Crippen molar-refractivity contribution >= 4 is 48.9 Å². The number of hydrogen-bond acceptors (Lipinski definition) is 4. The first-order valence-corrected chi connectivity index (χ1v) is 8.20. The van der Waals surface area contributed by atoms with Gasteiger partial charge in [-0.1, -0.05) is 0 Å². The van der Waals surface area contributed by atoms with Crippen molar-refractivity contribution in [3.05, 3.63) is 45.5 Å². The molecule has 0 aliphatic carbocycles. The van der Waals surface area contributed by atoms with Gasteiger partial charge in [0.05, 0.1) is 5.69 Å². The fourth-order valence-electron chi connectivity index (χ4n) is 1.35. The smallest absolute Gasteiger partial charge is 0.345 e. The maximum atomic E-state index is 12.9. The Morgan fingerprint density at radius 1 is 1.30 bits per heavy atom. The number of thiophene rings is 1. The number of carboxylic acid groups (broad SMARTS) is 1. The summed E-state index contributed by atoms with van der Waals surface area (Å²) in [5.74, 6) is -1.71. The van der Waals surface area contributed by atoms with Gasteiger partial charge >= 0.3 is 5.97 Å². The third kappa shape index (κ3) is 3.17. The predicted molar refractivity (Wildman–Crippen MR) is 76.2 cm³/mol. The van der Waals surface area contributed by atoms with Crippen LogP contribution in [0, 0.1) is 5.82 Å². The number of sulfonamides is 1. The lowest BCUT2D eigenvalue weighted by Crippen LogP contribution is -2.11. The van der Waals surface area contributed by atoms with Crippen LogP contribution in [0.2, 0.25) is 0 Å². The third-order valence-electron chi connectivity index (χ3n) is 2.23. The second-order valence-electron chi connectivity index (χ2n) is 3.65. The molecule has 0 radical (unpaired) electrons. The van der Waals surface area contributed by atoms with Crippen LogP contribution >= 0.6 is 27.3 Å². The molecule has 0 bridgehead atoms. The van der Waals surface area contributed by atoms with Crippen molar-refractivity contribution in [1.82, 2.24) is 0 Å². The summed E-state index contributed by atoms with van der Waals surface area (Å²) in [4.78, 5) is 10.7. The molecule has 1 heterocycles. The molecule has 9 heteroatoms. The van der Waals surface area contributed by atoms with E-state index in [1.807, 2.05) is 0 Å². The molecule has 2 N–H and O–H groups in total. The Kier molecular flexibility index (Phi) is 4.11. The van der Waals surface area contributed by atoms with Gasteiger partial charge in [-0.2, -0.15) is 0 Å². The quantitative estimate of drug-likeness (QED) is 0.854. The van der Waals surface area contributed by atoms with Crippen LogP contribution in [-0.2, 0) is 10.0 Å². The van der Waals surface area contributed by atoms with Crippen LogP contribution in [-0.4, -0.2) is 19.5 Å². The zero-order chi connectivity index (χ0) is 14.9. The Hall–Kier alpha value is -1.45. The van der Waals surface area contributed by atoms with Gasteiger partial charge in [-0.15, -0.1) is 11.3 Å². The van der Waals surface area contributed by atoms with Crippen molar-refractivity contribution in [2.24, 2.45) is 0 Å². The molecule has 0 amide bonds. The summed E-state index contributed by atoms with van der Waals surface area (Å²) in [6.45, 7) is 0. The lowest BCUT2D eigenvalue weighted by Gasteiger charge is -2.08. The molecule has 0 spiro atoms. The number of nitrogens with one attached hydrogen (secondary N) is 1. The molecule has 0 aliphatic heterocycles. The number of benzene rings is 1. The lowest BCUT2D eigenvalue weighted by atomic mass is 10.3. The Bertz CT molecular complexity index is 772. The fourth-order valence-corrected chi connectivity index (χ4v) is 4.15. The van der Waals surface area contributed by atoms with E-state index in [1.54, 1.807) is 0 Å². The second-order valence-corrected chi connectivity index (χ2v) is 7.50. The molecule has 0 fully saturated rings. The molecule has 20 heavy (non-hydrogen) atoms. The molecule has 5 nitrogen and oxygen atoms in total. The number of anilines is 1. The van der Waals surface area contributed by atoms with Crippen molar-refractivity contribution in [1.29, 1.82) is 0 Å². The minimum Gasteiger partial charge on any atom is -0.477 e. The summed E-state index contributed by atoms with van der Waals surface area (Å²) in [6.07, 6.45) is 0. The highest BCUT2D eigenvalue weighted by Gasteiger charge is 2.20. The van der Waals surface area contributed by atoms with Crippen molar-refractivity contribution in [3.63, 3.8) is 0 Å². The van der Waals surface area contributed by atoms with E-state index in [2.05, 4.69) is 20.7 Å². The third-order valence-corrected chi connectivity index (χ3v) is 5.82. The molecule has 2 rings (SSSR count). The number of carbonyl (C=O) groups is 1. The average Bonchev–Trinajstić information content (AvgIpc) is 2.83. The lowest BCUT2D eigenvalue weighted by molar-refractivity contribution is 0.0702. The second kappa shape index (κ2) is 5.51. The van der Waals surface area contributed by atoms with Crippen molar-refractivity contribution in [2.45, 2.75) is 4.21 Å². The van der Waals surface area contributed by atoms with Gasteiger partial charge < -0.3 is 5.11 Å². The summed E-state index contributed by atoms with van der Waals surface area (Å²) in [6, 6.07) is 5.91.